The average molecular weight is 316 g/mol. The zero-order valence-electron chi connectivity index (χ0n) is 13.2. The van der Waals surface area contributed by atoms with Crippen LogP contribution in [0.25, 0.3) is 0 Å². The van der Waals surface area contributed by atoms with Gasteiger partial charge in [-0.15, -0.1) is 0 Å². The number of ether oxygens (including phenoxy) is 1. The van der Waals surface area contributed by atoms with Crippen molar-refractivity contribution in [2.24, 2.45) is 0 Å². The zero-order chi connectivity index (χ0) is 15.5. The molecule has 6 heteroatoms. The maximum absolute atomic E-state index is 11.0. The fourth-order valence-electron chi connectivity index (χ4n) is 2.99. The van der Waals surface area contributed by atoms with Crippen LogP contribution >= 0.6 is 11.6 Å². The molecule has 1 N–H and O–H groups in total. The molecule has 2 atom stereocenters. The number of aromatic nitrogens is 2. The van der Waals surface area contributed by atoms with Gasteiger partial charge in [-0.25, -0.2) is 0 Å². The van der Waals surface area contributed by atoms with Gasteiger partial charge in [0.25, 0.3) is 0 Å². The van der Waals surface area contributed by atoms with Crippen molar-refractivity contribution < 1.29 is 9.84 Å². The molecule has 5 nitrogen and oxygen atoms in total. The molecule has 1 aliphatic heterocycles. The smallest absolute Gasteiger partial charge is 0.115 e. The van der Waals surface area contributed by atoms with Crippen LogP contribution < -0.4 is 0 Å². The molecule has 2 rings (SSSR count). The van der Waals surface area contributed by atoms with Gasteiger partial charge >= 0.3 is 0 Å². The van der Waals surface area contributed by atoms with Crippen LogP contribution in [-0.4, -0.2) is 51.6 Å². The highest BCUT2D eigenvalue weighted by Crippen LogP contribution is 2.37. The summed E-state index contributed by atoms with van der Waals surface area (Å²) in [5.74, 6) is 0. The monoisotopic (exact) mass is 315 g/mol. The first-order valence-electron chi connectivity index (χ1n) is 7.76. The van der Waals surface area contributed by atoms with Gasteiger partial charge in [0.2, 0.25) is 0 Å². The van der Waals surface area contributed by atoms with Crippen LogP contribution in [-0.2, 0) is 11.3 Å². The molecular formula is C15H26ClN3O2. The molecule has 1 aromatic heterocycles. The second-order valence-electron chi connectivity index (χ2n) is 5.81. The van der Waals surface area contributed by atoms with Crippen molar-refractivity contribution >= 4 is 11.6 Å². The van der Waals surface area contributed by atoms with E-state index in [1.165, 1.54) is 0 Å². The lowest BCUT2D eigenvalue weighted by Gasteiger charge is -2.45. The third-order valence-electron chi connectivity index (χ3n) is 4.57. The van der Waals surface area contributed by atoms with Crippen LogP contribution in [0.5, 0.6) is 0 Å². The van der Waals surface area contributed by atoms with E-state index in [1.54, 1.807) is 6.20 Å². The standard InChI is InChI=1S/C15H26ClN3O2/c1-4-6-19-13(12(16)11-17-19)14(20)15(3,5-2)18-7-9-21-10-8-18/h11,14,20H,4-10H2,1-3H3. The van der Waals surface area contributed by atoms with Crippen LogP contribution in [0.15, 0.2) is 6.20 Å². The summed E-state index contributed by atoms with van der Waals surface area (Å²) in [4.78, 5) is 2.31. The van der Waals surface area contributed by atoms with Gasteiger partial charge < -0.3 is 9.84 Å². The zero-order valence-corrected chi connectivity index (χ0v) is 13.9. The molecular weight excluding hydrogens is 290 g/mol. The van der Waals surface area contributed by atoms with Gasteiger partial charge in [-0.05, 0) is 19.8 Å². The second-order valence-corrected chi connectivity index (χ2v) is 6.22. The van der Waals surface area contributed by atoms with Crippen LogP contribution in [0.3, 0.4) is 0 Å². The minimum Gasteiger partial charge on any atom is -0.385 e. The Hall–Kier alpha value is -0.620. The van der Waals surface area contributed by atoms with Gasteiger partial charge in [0.1, 0.15) is 6.10 Å². The van der Waals surface area contributed by atoms with Gasteiger partial charge in [-0.3, -0.25) is 9.58 Å². The van der Waals surface area contributed by atoms with Crippen LogP contribution in [0.4, 0.5) is 0 Å². The van der Waals surface area contributed by atoms with Crippen molar-refractivity contribution in [3.63, 3.8) is 0 Å². The Morgan fingerprint density at radius 2 is 2.10 bits per heavy atom. The molecule has 1 fully saturated rings. The number of hydrogen-bond donors (Lipinski definition) is 1. The fraction of sp³-hybridized carbons (Fsp3) is 0.800. The Morgan fingerprint density at radius 1 is 1.43 bits per heavy atom. The molecule has 0 spiro atoms. The lowest BCUT2D eigenvalue weighted by Crippen LogP contribution is -2.55. The average Bonchev–Trinajstić information content (AvgIpc) is 2.87. The fourth-order valence-corrected chi connectivity index (χ4v) is 3.24. The minimum absolute atomic E-state index is 0.362. The third-order valence-corrected chi connectivity index (χ3v) is 4.86. The Morgan fingerprint density at radius 3 is 2.67 bits per heavy atom. The van der Waals surface area contributed by atoms with Crippen molar-refractivity contribution in [1.82, 2.24) is 14.7 Å². The summed E-state index contributed by atoms with van der Waals surface area (Å²) >= 11 is 6.29. The van der Waals surface area contributed by atoms with Gasteiger partial charge in [0, 0.05) is 25.2 Å². The van der Waals surface area contributed by atoms with Crippen molar-refractivity contribution in [2.75, 3.05) is 26.3 Å². The first-order chi connectivity index (χ1) is 10.0. The topological polar surface area (TPSA) is 50.5 Å². The van der Waals surface area contributed by atoms with E-state index in [-0.39, 0.29) is 5.54 Å². The summed E-state index contributed by atoms with van der Waals surface area (Å²) in [5, 5.41) is 15.9. The maximum atomic E-state index is 11.0. The first kappa shape index (κ1) is 16.7. The van der Waals surface area contributed by atoms with Gasteiger partial charge in [-0.1, -0.05) is 25.4 Å². The van der Waals surface area contributed by atoms with Crippen molar-refractivity contribution in [2.45, 2.75) is 51.8 Å². The summed E-state index contributed by atoms with van der Waals surface area (Å²) in [5.41, 5.74) is 0.369. The Labute approximate surface area is 131 Å². The number of halogens is 1. The molecule has 0 radical (unpaired) electrons. The maximum Gasteiger partial charge on any atom is 0.115 e. The number of aliphatic hydroxyl groups is 1. The summed E-state index contributed by atoms with van der Waals surface area (Å²) < 4.78 is 7.26. The second kappa shape index (κ2) is 7.09. The molecule has 0 aromatic carbocycles. The van der Waals surface area contributed by atoms with E-state index in [1.807, 2.05) is 4.68 Å². The lowest BCUT2D eigenvalue weighted by molar-refractivity contribution is -0.0758. The number of hydrogen-bond acceptors (Lipinski definition) is 4. The van der Waals surface area contributed by atoms with Crippen LogP contribution in [0.2, 0.25) is 5.02 Å². The molecule has 1 aromatic rings. The Kier molecular flexibility index (Phi) is 5.66. The molecule has 120 valence electrons. The lowest BCUT2D eigenvalue weighted by atomic mass is 9.87. The van der Waals surface area contributed by atoms with E-state index in [9.17, 15) is 5.11 Å². The number of morpholine rings is 1. The van der Waals surface area contributed by atoms with Crippen LogP contribution in [0.1, 0.15) is 45.4 Å². The molecule has 0 aliphatic carbocycles. The van der Waals surface area contributed by atoms with Gasteiger partial charge in [0.05, 0.1) is 30.1 Å². The quantitative estimate of drug-likeness (QED) is 0.876. The van der Waals surface area contributed by atoms with E-state index >= 15 is 0 Å². The molecule has 21 heavy (non-hydrogen) atoms. The summed E-state index contributed by atoms with van der Waals surface area (Å²) in [6.45, 7) is 10.2. The predicted octanol–water partition coefficient (Wildman–Crippen LogP) is 2.48. The highest BCUT2D eigenvalue weighted by molar-refractivity contribution is 6.31. The van der Waals surface area contributed by atoms with Crippen LogP contribution in [0, 0.1) is 0 Å². The molecule has 0 amide bonds. The third kappa shape index (κ3) is 3.26. The molecule has 0 saturated carbocycles. The van der Waals surface area contributed by atoms with Crippen molar-refractivity contribution in [1.29, 1.82) is 0 Å². The Balaban J connectivity index is 2.30. The van der Waals surface area contributed by atoms with E-state index in [2.05, 4.69) is 30.8 Å². The van der Waals surface area contributed by atoms with Crippen molar-refractivity contribution in [3.05, 3.63) is 16.9 Å². The number of aliphatic hydroxyl groups excluding tert-OH is 1. The van der Waals surface area contributed by atoms with E-state index < -0.39 is 6.10 Å². The van der Waals surface area contributed by atoms with Crippen molar-refractivity contribution in [3.8, 4) is 0 Å². The molecule has 0 bridgehead atoms. The molecule has 2 heterocycles. The molecule has 2 unspecified atom stereocenters. The summed E-state index contributed by atoms with van der Waals surface area (Å²) in [6, 6.07) is 0. The largest absolute Gasteiger partial charge is 0.385 e. The predicted molar refractivity (Wildman–Crippen MR) is 83.6 cm³/mol. The Bertz CT molecular complexity index is 460. The van der Waals surface area contributed by atoms with E-state index in [0.29, 0.717) is 18.2 Å². The number of rotatable bonds is 6. The number of nitrogens with zero attached hydrogens (tertiary/aromatic N) is 3. The minimum atomic E-state index is -0.665. The number of aryl methyl sites for hydroxylation is 1. The normalized spacial score (nSPS) is 21.2. The highest BCUT2D eigenvalue weighted by atomic mass is 35.5. The SMILES string of the molecule is CCCn1ncc(Cl)c1C(O)C(C)(CC)N1CCOCC1. The van der Waals surface area contributed by atoms with E-state index in [0.717, 1.165) is 38.2 Å². The molecule has 1 saturated heterocycles. The van der Waals surface area contributed by atoms with E-state index in [4.69, 9.17) is 16.3 Å². The highest BCUT2D eigenvalue weighted by Gasteiger charge is 2.41. The first-order valence-corrected chi connectivity index (χ1v) is 8.14. The summed E-state index contributed by atoms with van der Waals surface area (Å²) in [6.07, 6.45) is 2.76. The van der Waals surface area contributed by atoms with Gasteiger partial charge in [-0.2, -0.15) is 5.10 Å². The summed E-state index contributed by atoms with van der Waals surface area (Å²) in [7, 11) is 0. The molecule has 1 aliphatic rings. The van der Waals surface area contributed by atoms with Gasteiger partial charge in [0.15, 0.2) is 0 Å².